The number of piperidine rings is 1. The van der Waals surface area contributed by atoms with E-state index in [1.807, 2.05) is 13.8 Å². The van der Waals surface area contributed by atoms with Crippen molar-refractivity contribution in [1.29, 1.82) is 0 Å². The van der Waals surface area contributed by atoms with Crippen LogP contribution in [-0.4, -0.2) is 29.0 Å². The number of carbonyl (C=O) groups is 1. The Morgan fingerprint density at radius 3 is 2.36 bits per heavy atom. The van der Waals surface area contributed by atoms with Gasteiger partial charge in [-0.3, -0.25) is 4.79 Å². The smallest absolute Gasteiger partial charge is 0.222 e. The number of benzene rings is 1. The van der Waals surface area contributed by atoms with Crippen molar-refractivity contribution in [3.63, 3.8) is 0 Å². The van der Waals surface area contributed by atoms with Crippen LogP contribution >= 0.6 is 0 Å². The Bertz CT molecular complexity index is 519. The molecule has 1 aliphatic rings. The van der Waals surface area contributed by atoms with Gasteiger partial charge in [-0.2, -0.15) is 0 Å². The van der Waals surface area contributed by atoms with Gasteiger partial charge in [-0.25, -0.2) is 8.78 Å². The van der Waals surface area contributed by atoms with Gasteiger partial charge in [0.2, 0.25) is 5.91 Å². The van der Waals surface area contributed by atoms with Crippen molar-refractivity contribution in [1.82, 2.24) is 4.90 Å². The van der Waals surface area contributed by atoms with E-state index in [9.17, 15) is 18.7 Å². The fourth-order valence-corrected chi connectivity index (χ4v) is 2.89. The summed E-state index contributed by atoms with van der Waals surface area (Å²) in [6.07, 6.45) is 1.71. The number of amides is 1. The average Bonchev–Trinajstić information content (AvgIpc) is 2.47. The zero-order valence-electron chi connectivity index (χ0n) is 13.1. The van der Waals surface area contributed by atoms with Gasteiger partial charge >= 0.3 is 0 Å². The van der Waals surface area contributed by atoms with Crippen molar-refractivity contribution in [2.24, 2.45) is 5.92 Å². The lowest BCUT2D eigenvalue weighted by Crippen LogP contribution is -2.46. The van der Waals surface area contributed by atoms with E-state index in [2.05, 4.69) is 0 Å². The predicted molar refractivity (Wildman–Crippen MR) is 80.1 cm³/mol. The minimum Gasteiger partial charge on any atom is -0.385 e. The molecule has 0 spiro atoms. The van der Waals surface area contributed by atoms with Crippen molar-refractivity contribution in [3.8, 4) is 0 Å². The minimum absolute atomic E-state index is 0.0467. The standard InChI is InChI=1S/C17H23F2NO2/c1-3-12(2)11-15(21)20-9-7-17(22,8-10-20)16-13(18)5-4-6-14(16)19/h4-6,12,22H,3,7-11H2,1-2H3/t12-/m1/s1. The highest BCUT2D eigenvalue weighted by Gasteiger charge is 2.39. The molecule has 0 radical (unpaired) electrons. The first kappa shape index (κ1) is 16.9. The molecule has 1 heterocycles. The second-order valence-corrected chi connectivity index (χ2v) is 6.23. The summed E-state index contributed by atoms with van der Waals surface area (Å²) < 4.78 is 27.7. The molecular formula is C17H23F2NO2. The first-order chi connectivity index (χ1) is 10.4. The molecule has 1 aromatic rings. The maximum atomic E-state index is 13.9. The number of likely N-dealkylation sites (tertiary alicyclic amines) is 1. The molecule has 0 saturated carbocycles. The van der Waals surface area contributed by atoms with Gasteiger partial charge in [0.15, 0.2) is 0 Å². The van der Waals surface area contributed by atoms with Crippen LogP contribution in [0.4, 0.5) is 8.78 Å². The third-order valence-corrected chi connectivity index (χ3v) is 4.59. The van der Waals surface area contributed by atoms with Crippen LogP contribution in [0.1, 0.15) is 45.1 Å². The van der Waals surface area contributed by atoms with E-state index in [0.29, 0.717) is 25.4 Å². The van der Waals surface area contributed by atoms with Crippen LogP contribution < -0.4 is 0 Å². The lowest BCUT2D eigenvalue weighted by atomic mass is 9.83. The third kappa shape index (κ3) is 3.46. The van der Waals surface area contributed by atoms with Crippen LogP contribution in [0.2, 0.25) is 0 Å². The fraction of sp³-hybridized carbons (Fsp3) is 0.588. The van der Waals surface area contributed by atoms with Gasteiger partial charge < -0.3 is 10.0 Å². The Morgan fingerprint density at radius 2 is 1.86 bits per heavy atom. The van der Waals surface area contributed by atoms with E-state index in [4.69, 9.17) is 0 Å². The van der Waals surface area contributed by atoms with E-state index in [-0.39, 0.29) is 24.3 Å². The topological polar surface area (TPSA) is 40.5 Å². The van der Waals surface area contributed by atoms with Gasteiger partial charge in [-0.1, -0.05) is 26.3 Å². The van der Waals surface area contributed by atoms with Gasteiger partial charge in [0.1, 0.15) is 11.6 Å². The molecule has 1 aliphatic heterocycles. The van der Waals surface area contributed by atoms with E-state index >= 15 is 0 Å². The zero-order valence-corrected chi connectivity index (χ0v) is 13.1. The van der Waals surface area contributed by atoms with Gasteiger partial charge in [0, 0.05) is 19.5 Å². The Balaban J connectivity index is 2.06. The van der Waals surface area contributed by atoms with E-state index in [0.717, 1.165) is 18.6 Å². The normalized spacial score (nSPS) is 19.0. The molecule has 1 saturated heterocycles. The molecule has 0 bridgehead atoms. The first-order valence-corrected chi connectivity index (χ1v) is 7.82. The second-order valence-electron chi connectivity index (χ2n) is 6.23. The van der Waals surface area contributed by atoms with Gasteiger partial charge in [0.25, 0.3) is 0 Å². The number of hydrogen-bond donors (Lipinski definition) is 1. The number of rotatable bonds is 4. The number of halogens is 2. The summed E-state index contributed by atoms with van der Waals surface area (Å²) in [6.45, 7) is 4.69. The average molecular weight is 311 g/mol. The highest BCUT2D eigenvalue weighted by molar-refractivity contribution is 5.76. The Kier molecular flexibility index (Phi) is 5.16. The van der Waals surface area contributed by atoms with Crippen LogP contribution in [0.15, 0.2) is 18.2 Å². The summed E-state index contributed by atoms with van der Waals surface area (Å²) in [5, 5.41) is 10.6. The second kappa shape index (κ2) is 6.73. The van der Waals surface area contributed by atoms with Crippen molar-refractivity contribution >= 4 is 5.91 Å². The largest absolute Gasteiger partial charge is 0.385 e. The summed E-state index contributed by atoms with van der Waals surface area (Å²) in [4.78, 5) is 13.8. The maximum absolute atomic E-state index is 13.9. The van der Waals surface area contributed by atoms with Crippen LogP contribution in [-0.2, 0) is 10.4 Å². The summed E-state index contributed by atoms with van der Waals surface area (Å²) in [7, 11) is 0. The molecule has 1 N–H and O–H groups in total. The third-order valence-electron chi connectivity index (χ3n) is 4.59. The number of carbonyl (C=O) groups excluding carboxylic acids is 1. The van der Waals surface area contributed by atoms with Crippen LogP contribution in [0.25, 0.3) is 0 Å². The molecule has 0 unspecified atom stereocenters. The minimum atomic E-state index is -1.54. The molecule has 5 heteroatoms. The zero-order chi connectivity index (χ0) is 16.3. The molecule has 1 aromatic carbocycles. The van der Waals surface area contributed by atoms with E-state index in [1.54, 1.807) is 4.90 Å². The summed E-state index contributed by atoms with van der Waals surface area (Å²) in [5.41, 5.74) is -1.81. The molecule has 22 heavy (non-hydrogen) atoms. The van der Waals surface area contributed by atoms with Crippen molar-refractivity contribution < 1.29 is 18.7 Å². The summed E-state index contributed by atoms with van der Waals surface area (Å²) in [5.74, 6) is -1.11. The number of aliphatic hydroxyl groups is 1. The highest BCUT2D eigenvalue weighted by atomic mass is 19.1. The summed E-state index contributed by atoms with van der Waals surface area (Å²) in [6, 6.07) is 3.58. The SMILES string of the molecule is CC[C@@H](C)CC(=O)N1CCC(O)(c2c(F)cccc2F)CC1. The first-order valence-electron chi connectivity index (χ1n) is 7.82. The molecular weight excluding hydrogens is 288 g/mol. The van der Waals surface area contributed by atoms with Crippen LogP contribution in [0.3, 0.4) is 0 Å². The number of nitrogens with zero attached hydrogens (tertiary/aromatic N) is 1. The lowest BCUT2D eigenvalue weighted by Gasteiger charge is -2.39. The molecule has 2 rings (SSSR count). The molecule has 1 fully saturated rings. The Hall–Kier alpha value is -1.49. The monoisotopic (exact) mass is 311 g/mol. The number of hydrogen-bond acceptors (Lipinski definition) is 2. The Morgan fingerprint density at radius 1 is 1.32 bits per heavy atom. The van der Waals surface area contributed by atoms with Gasteiger partial charge in [-0.05, 0) is 30.9 Å². The molecule has 3 nitrogen and oxygen atoms in total. The molecule has 0 aromatic heterocycles. The quantitative estimate of drug-likeness (QED) is 0.927. The van der Waals surface area contributed by atoms with Gasteiger partial charge in [0.05, 0.1) is 11.2 Å². The van der Waals surface area contributed by atoms with E-state index in [1.165, 1.54) is 6.07 Å². The van der Waals surface area contributed by atoms with Crippen molar-refractivity contribution in [3.05, 3.63) is 35.4 Å². The highest BCUT2D eigenvalue weighted by Crippen LogP contribution is 2.36. The molecule has 1 atom stereocenters. The van der Waals surface area contributed by atoms with Crippen LogP contribution in [0.5, 0.6) is 0 Å². The predicted octanol–water partition coefficient (Wildman–Crippen LogP) is 3.21. The van der Waals surface area contributed by atoms with Crippen LogP contribution in [0, 0.1) is 17.6 Å². The van der Waals surface area contributed by atoms with E-state index < -0.39 is 17.2 Å². The fourth-order valence-electron chi connectivity index (χ4n) is 2.89. The molecule has 1 amide bonds. The van der Waals surface area contributed by atoms with Crippen molar-refractivity contribution in [2.45, 2.75) is 45.1 Å². The molecule has 0 aliphatic carbocycles. The summed E-state index contributed by atoms with van der Waals surface area (Å²) >= 11 is 0. The lowest BCUT2D eigenvalue weighted by molar-refractivity contribution is -0.136. The van der Waals surface area contributed by atoms with Crippen molar-refractivity contribution in [2.75, 3.05) is 13.1 Å². The molecule has 122 valence electrons. The maximum Gasteiger partial charge on any atom is 0.222 e. The van der Waals surface area contributed by atoms with Gasteiger partial charge in [-0.15, -0.1) is 0 Å². The Labute approximate surface area is 129 Å².